The second kappa shape index (κ2) is 5.92. The quantitative estimate of drug-likeness (QED) is 0.722. The van der Waals surface area contributed by atoms with Gasteiger partial charge in [0.2, 0.25) is 5.91 Å². The predicted molar refractivity (Wildman–Crippen MR) is 77.9 cm³/mol. The number of amides is 2. The molecule has 0 bridgehead atoms. The molecular formula is C14H17N5O2. The lowest BCUT2D eigenvalue weighted by Crippen LogP contribution is -2.49. The standard InChI is InChI=1S/C14H17N5O2/c20-12-9-19(6-4-15-12)7-5-17-14(21)11-8-10-2-1-3-16-13(10)18-11/h1-3,8H,4-7,9H2,(H,15,20)(H,16,18)(H,17,21). The zero-order chi connectivity index (χ0) is 14.7. The number of carbonyl (C=O) groups is 2. The average molecular weight is 287 g/mol. The molecule has 21 heavy (non-hydrogen) atoms. The Morgan fingerprint density at radius 3 is 3.19 bits per heavy atom. The maximum absolute atomic E-state index is 12.1. The number of nitrogens with zero attached hydrogens (tertiary/aromatic N) is 2. The molecule has 0 aliphatic carbocycles. The van der Waals surface area contributed by atoms with Crippen LogP contribution in [0.3, 0.4) is 0 Å². The van der Waals surface area contributed by atoms with Crippen molar-refractivity contribution in [2.45, 2.75) is 0 Å². The van der Waals surface area contributed by atoms with Gasteiger partial charge in [0.25, 0.3) is 5.91 Å². The molecule has 1 aliphatic rings. The number of rotatable bonds is 4. The molecule has 0 atom stereocenters. The number of piperazine rings is 1. The Kier molecular flexibility index (Phi) is 3.83. The Morgan fingerprint density at radius 2 is 2.38 bits per heavy atom. The van der Waals surface area contributed by atoms with Crippen molar-refractivity contribution in [3.8, 4) is 0 Å². The monoisotopic (exact) mass is 287 g/mol. The summed E-state index contributed by atoms with van der Waals surface area (Å²) in [6, 6.07) is 5.52. The molecule has 2 aromatic heterocycles. The van der Waals surface area contributed by atoms with Gasteiger partial charge in [0.15, 0.2) is 0 Å². The first-order valence-electron chi connectivity index (χ1n) is 6.93. The van der Waals surface area contributed by atoms with Gasteiger partial charge in [-0.2, -0.15) is 0 Å². The van der Waals surface area contributed by atoms with Crippen molar-refractivity contribution in [1.82, 2.24) is 25.5 Å². The number of H-pyrrole nitrogens is 1. The van der Waals surface area contributed by atoms with Crippen molar-refractivity contribution in [3.63, 3.8) is 0 Å². The van der Waals surface area contributed by atoms with Crippen molar-refractivity contribution in [2.75, 3.05) is 32.7 Å². The van der Waals surface area contributed by atoms with Crippen LogP contribution in [-0.4, -0.2) is 59.4 Å². The molecule has 110 valence electrons. The highest BCUT2D eigenvalue weighted by atomic mass is 16.2. The van der Waals surface area contributed by atoms with Crippen LogP contribution >= 0.6 is 0 Å². The summed E-state index contributed by atoms with van der Waals surface area (Å²) in [6.45, 7) is 3.05. The molecule has 2 amide bonds. The minimum Gasteiger partial charge on any atom is -0.354 e. The smallest absolute Gasteiger partial charge is 0.267 e. The zero-order valence-electron chi connectivity index (χ0n) is 11.6. The van der Waals surface area contributed by atoms with E-state index in [0.717, 1.165) is 11.9 Å². The van der Waals surface area contributed by atoms with Crippen molar-refractivity contribution in [2.24, 2.45) is 0 Å². The highest BCUT2D eigenvalue weighted by molar-refractivity contribution is 5.97. The third-order valence-corrected chi connectivity index (χ3v) is 3.47. The van der Waals surface area contributed by atoms with E-state index >= 15 is 0 Å². The first-order chi connectivity index (χ1) is 10.2. The molecule has 0 aromatic carbocycles. The van der Waals surface area contributed by atoms with Crippen LogP contribution in [0.1, 0.15) is 10.5 Å². The maximum atomic E-state index is 12.1. The van der Waals surface area contributed by atoms with Crippen LogP contribution < -0.4 is 10.6 Å². The number of fused-ring (bicyclic) bond motifs is 1. The summed E-state index contributed by atoms with van der Waals surface area (Å²) in [4.78, 5) is 32.5. The fourth-order valence-electron chi connectivity index (χ4n) is 2.39. The normalized spacial score (nSPS) is 15.9. The van der Waals surface area contributed by atoms with Crippen molar-refractivity contribution >= 4 is 22.8 Å². The summed E-state index contributed by atoms with van der Waals surface area (Å²) in [6.07, 6.45) is 1.68. The fraction of sp³-hybridized carbons (Fsp3) is 0.357. The maximum Gasteiger partial charge on any atom is 0.267 e. The minimum absolute atomic E-state index is 0.0364. The van der Waals surface area contributed by atoms with E-state index in [1.54, 1.807) is 12.3 Å². The van der Waals surface area contributed by atoms with Crippen LogP contribution in [0, 0.1) is 0 Å². The van der Waals surface area contributed by atoms with Gasteiger partial charge in [-0.1, -0.05) is 0 Å². The Hall–Kier alpha value is -2.41. The number of aromatic amines is 1. The van der Waals surface area contributed by atoms with Crippen LogP contribution in [0.15, 0.2) is 24.4 Å². The molecule has 3 heterocycles. The van der Waals surface area contributed by atoms with Crippen molar-refractivity contribution in [1.29, 1.82) is 0 Å². The molecule has 7 heteroatoms. The number of carbonyl (C=O) groups excluding carboxylic acids is 2. The summed E-state index contributed by atoms with van der Waals surface area (Å²) in [7, 11) is 0. The van der Waals surface area contributed by atoms with Crippen LogP contribution in [0.5, 0.6) is 0 Å². The fourth-order valence-corrected chi connectivity index (χ4v) is 2.39. The van der Waals surface area contributed by atoms with E-state index in [-0.39, 0.29) is 11.8 Å². The lowest BCUT2D eigenvalue weighted by atomic mass is 10.3. The largest absolute Gasteiger partial charge is 0.354 e. The van der Waals surface area contributed by atoms with Gasteiger partial charge in [0, 0.05) is 37.8 Å². The summed E-state index contributed by atoms with van der Waals surface area (Å²) in [5, 5.41) is 6.54. The molecular weight excluding hydrogens is 270 g/mol. The van der Waals surface area contributed by atoms with Crippen molar-refractivity contribution < 1.29 is 9.59 Å². The molecule has 0 spiro atoms. The Balaban J connectivity index is 1.53. The molecule has 7 nitrogen and oxygen atoms in total. The number of hydrogen-bond acceptors (Lipinski definition) is 4. The number of nitrogens with one attached hydrogen (secondary N) is 3. The van der Waals surface area contributed by atoms with E-state index in [9.17, 15) is 9.59 Å². The van der Waals surface area contributed by atoms with Gasteiger partial charge in [-0.25, -0.2) is 4.98 Å². The van der Waals surface area contributed by atoms with Crippen LogP contribution in [0.4, 0.5) is 0 Å². The number of hydrogen-bond donors (Lipinski definition) is 3. The van der Waals surface area contributed by atoms with E-state index < -0.39 is 0 Å². The topological polar surface area (TPSA) is 90.1 Å². The molecule has 1 fully saturated rings. The number of pyridine rings is 1. The summed E-state index contributed by atoms with van der Waals surface area (Å²) in [5.41, 5.74) is 1.20. The van der Waals surface area contributed by atoms with E-state index in [4.69, 9.17) is 0 Å². The molecule has 1 aliphatic heterocycles. The molecule has 3 rings (SSSR count). The third-order valence-electron chi connectivity index (χ3n) is 3.47. The van der Waals surface area contributed by atoms with E-state index in [0.29, 0.717) is 37.5 Å². The van der Waals surface area contributed by atoms with Gasteiger partial charge < -0.3 is 15.6 Å². The summed E-state index contributed by atoms with van der Waals surface area (Å²) < 4.78 is 0. The Labute approximate surface area is 121 Å². The lowest BCUT2D eigenvalue weighted by molar-refractivity contribution is -0.124. The molecule has 0 unspecified atom stereocenters. The molecule has 2 aromatic rings. The zero-order valence-corrected chi connectivity index (χ0v) is 11.6. The molecule has 1 saturated heterocycles. The predicted octanol–water partition coefficient (Wildman–Crippen LogP) is -0.276. The molecule has 3 N–H and O–H groups in total. The highest BCUT2D eigenvalue weighted by Crippen LogP contribution is 2.11. The van der Waals surface area contributed by atoms with Crippen LogP contribution in [-0.2, 0) is 4.79 Å². The van der Waals surface area contributed by atoms with Gasteiger partial charge in [-0.15, -0.1) is 0 Å². The van der Waals surface area contributed by atoms with E-state index in [1.807, 2.05) is 17.0 Å². The third kappa shape index (κ3) is 3.19. The summed E-state index contributed by atoms with van der Waals surface area (Å²) >= 11 is 0. The Morgan fingerprint density at radius 1 is 1.48 bits per heavy atom. The minimum atomic E-state index is -0.158. The first-order valence-corrected chi connectivity index (χ1v) is 6.93. The molecule has 0 saturated carbocycles. The Bertz CT molecular complexity index is 633. The van der Waals surface area contributed by atoms with Gasteiger partial charge >= 0.3 is 0 Å². The van der Waals surface area contributed by atoms with Gasteiger partial charge in [0.05, 0.1) is 6.54 Å². The number of aromatic nitrogens is 2. The van der Waals surface area contributed by atoms with E-state index in [2.05, 4.69) is 20.6 Å². The second-order valence-corrected chi connectivity index (χ2v) is 5.01. The second-order valence-electron chi connectivity index (χ2n) is 5.01. The molecule has 0 radical (unpaired) electrons. The SMILES string of the molecule is O=C1CN(CCNC(=O)c2cc3cccnc3[nH]2)CCN1. The van der Waals surface area contributed by atoms with Crippen LogP contribution in [0.2, 0.25) is 0 Å². The lowest BCUT2D eigenvalue weighted by Gasteiger charge is -2.26. The van der Waals surface area contributed by atoms with E-state index in [1.165, 1.54) is 0 Å². The van der Waals surface area contributed by atoms with Gasteiger partial charge in [0.1, 0.15) is 11.3 Å². The first kappa shape index (κ1) is 13.6. The highest BCUT2D eigenvalue weighted by Gasteiger charge is 2.16. The average Bonchev–Trinajstić information content (AvgIpc) is 2.91. The van der Waals surface area contributed by atoms with Crippen molar-refractivity contribution in [3.05, 3.63) is 30.1 Å². The van der Waals surface area contributed by atoms with Gasteiger partial charge in [-0.3, -0.25) is 14.5 Å². The van der Waals surface area contributed by atoms with Gasteiger partial charge in [-0.05, 0) is 18.2 Å². The summed E-state index contributed by atoms with van der Waals surface area (Å²) in [5.74, 6) is -0.122. The van der Waals surface area contributed by atoms with Crippen LogP contribution in [0.25, 0.3) is 11.0 Å².